The van der Waals surface area contributed by atoms with Crippen molar-refractivity contribution in [1.82, 2.24) is 0 Å². The number of rotatable bonds is 5. The van der Waals surface area contributed by atoms with Crippen molar-refractivity contribution in [3.63, 3.8) is 0 Å². The van der Waals surface area contributed by atoms with Crippen molar-refractivity contribution in [3.8, 4) is 11.5 Å². The van der Waals surface area contributed by atoms with E-state index in [9.17, 15) is 4.79 Å². The van der Waals surface area contributed by atoms with Gasteiger partial charge in [0.2, 0.25) is 0 Å². The Bertz CT molecular complexity index is 776. The minimum Gasteiger partial charge on any atom is -0.489 e. The van der Waals surface area contributed by atoms with Gasteiger partial charge < -0.3 is 9.47 Å². The fraction of sp³-hybridized carbons (Fsp3) is 0.105. The van der Waals surface area contributed by atoms with Gasteiger partial charge in [-0.2, -0.15) is 0 Å². The number of benzene rings is 2. The molecular weight excluding hydrogens is 308 g/mol. The molecule has 3 aromatic rings. The second-order valence-electron chi connectivity index (χ2n) is 5.07. The molecule has 0 N–H and O–H groups in total. The monoisotopic (exact) mass is 324 g/mol. The Labute approximate surface area is 139 Å². The molecule has 3 rings (SSSR count). The Morgan fingerprint density at radius 1 is 0.957 bits per heavy atom. The van der Waals surface area contributed by atoms with Gasteiger partial charge >= 0.3 is 5.97 Å². The summed E-state index contributed by atoms with van der Waals surface area (Å²) in [5, 5.41) is 1.88. The maximum Gasteiger partial charge on any atom is 0.353 e. The predicted octanol–water partition coefficient (Wildman–Crippen LogP) is 4.85. The first-order chi connectivity index (χ1) is 11.2. The number of ether oxygens (including phenoxy) is 2. The summed E-state index contributed by atoms with van der Waals surface area (Å²) in [5.41, 5.74) is 2.04. The number of hydrogen-bond acceptors (Lipinski definition) is 4. The molecule has 0 unspecified atom stereocenters. The average Bonchev–Trinajstić information content (AvgIpc) is 3.01. The lowest BCUT2D eigenvalue weighted by atomic mass is 10.2. The first-order valence-corrected chi connectivity index (χ1v) is 8.13. The van der Waals surface area contributed by atoms with E-state index in [4.69, 9.17) is 9.47 Å². The summed E-state index contributed by atoms with van der Waals surface area (Å²) in [7, 11) is 0. The minimum atomic E-state index is -0.324. The normalized spacial score (nSPS) is 10.3. The molecule has 0 fully saturated rings. The molecule has 0 atom stereocenters. The molecule has 1 aromatic heterocycles. The number of carbonyl (C=O) groups excluding carboxylic acids is 1. The van der Waals surface area contributed by atoms with E-state index in [-0.39, 0.29) is 5.97 Å². The molecule has 2 aromatic carbocycles. The Balaban J connectivity index is 1.59. The molecule has 0 spiro atoms. The molecule has 0 aliphatic carbocycles. The van der Waals surface area contributed by atoms with Crippen molar-refractivity contribution in [1.29, 1.82) is 0 Å². The number of hydrogen-bond donors (Lipinski definition) is 0. The largest absolute Gasteiger partial charge is 0.489 e. The molecule has 1 heterocycles. The fourth-order valence-electron chi connectivity index (χ4n) is 2.08. The van der Waals surface area contributed by atoms with Gasteiger partial charge in [0.1, 0.15) is 23.0 Å². The molecule has 0 bridgehead atoms. The Kier molecular flexibility index (Phi) is 4.74. The van der Waals surface area contributed by atoms with Crippen LogP contribution in [0.15, 0.2) is 66.0 Å². The van der Waals surface area contributed by atoms with Crippen LogP contribution in [0.3, 0.4) is 0 Å². The average molecular weight is 324 g/mol. The van der Waals surface area contributed by atoms with Crippen molar-refractivity contribution >= 4 is 17.3 Å². The van der Waals surface area contributed by atoms with Gasteiger partial charge in [-0.05, 0) is 53.8 Å². The van der Waals surface area contributed by atoms with Crippen LogP contribution in [0.1, 0.15) is 20.8 Å². The van der Waals surface area contributed by atoms with E-state index in [0.717, 1.165) is 16.9 Å². The van der Waals surface area contributed by atoms with Crippen LogP contribution in [-0.4, -0.2) is 5.97 Å². The molecule has 4 heteroatoms. The molecule has 0 amide bonds. The molecule has 3 nitrogen and oxygen atoms in total. The van der Waals surface area contributed by atoms with Gasteiger partial charge in [-0.15, -0.1) is 11.3 Å². The molecule has 116 valence electrons. The predicted molar refractivity (Wildman–Crippen MR) is 91.2 cm³/mol. The summed E-state index contributed by atoms with van der Waals surface area (Å²) < 4.78 is 11.1. The van der Waals surface area contributed by atoms with Gasteiger partial charge in [0, 0.05) is 0 Å². The van der Waals surface area contributed by atoms with Crippen molar-refractivity contribution in [2.45, 2.75) is 13.5 Å². The lowest BCUT2D eigenvalue weighted by Crippen LogP contribution is -2.07. The van der Waals surface area contributed by atoms with Crippen molar-refractivity contribution in [2.75, 3.05) is 0 Å². The smallest absolute Gasteiger partial charge is 0.353 e. The number of aryl methyl sites for hydroxylation is 1. The summed E-state index contributed by atoms with van der Waals surface area (Å²) in [6.07, 6.45) is 0. The van der Waals surface area contributed by atoms with Crippen LogP contribution < -0.4 is 9.47 Å². The van der Waals surface area contributed by atoms with E-state index in [1.54, 1.807) is 24.3 Å². The van der Waals surface area contributed by atoms with Gasteiger partial charge in [-0.25, -0.2) is 4.79 Å². The maximum absolute atomic E-state index is 12.0. The van der Waals surface area contributed by atoms with Crippen LogP contribution in [0, 0.1) is 6.92 Å². The van der Waals surface area contributed by atoms with Gasteiger partial charge in [0.25, 0.3) is 0 Å². The number of esters is 1. The summed E-state index contributed by atoms with van der Waals surface area (Å²) in [4.78, 5) is 12.7. The molecule has 0 saturated heterocycles. The highest BCUT2D eigenvalue weighted by Gasteiger charge is 2.12. The topological polar surface area (TPSA) is 35.5 Å². The van der Waals surface area contributed by atoms with Crippen LogP contribution in [0.2, 0.25) is 0 Å². The highest BCUT2D eigenvalue weighted by atomic mass is 32.1. The van der Waals surface area contributed by atoms with Crippen LogP contribution in [0.25, 0.3) is 0 Å². The molecule has 0 radical (unpaired) electrons. The van der Waals surface area contributed by atoms with E-state index in [1.807, 2.05) is 48.7 Å². The summed E-state index contributed by atoms with van der Waals surface area (Å²) in [6.45, 7) is 2.40. The SMILES string of the molecule is Cc1ccsc1C(=O)Oc1ccc(OCc2ccccc2)cc1. The van der Waals surface area contributed by atoms with E-state index in [2.05, 4.69) is 0 Å². The first-order valence-electron chi connectivity index (χ1n) is 7.25. The molecule has 23 heavy (non-hydrogen) atoms. The summed E-state index contributed by atoms with van der Waals surface area (Å²) in [6, 6.07) is 18.9. The zero-order chi connectivity index (χ0) is 16.1. The van der Waals surface area contributed by atoms with Crippen LogP contribution in [0.4, 0.5) is 0 Å². The van der Waals surface area contributed by atoms with Crippen molar-refractivity contribution in [2.24, 2.45) is 0 Å². The Hall–Kier alpha value is -2.59. The zero-order valence-corrected chi connectivity index (χ0v) is 13.5. The van der Waals surface area contributed by atoms with Crippen LogP contribution >= 0.6 is 11.3 Å². The number of thiophene rings is 1. The van der Waals surface area contributed by atoms with E-state index in [1.165, 1.54) is 11.3 Å². The second kappa shape index (κ2) is 7.11. The lowest BCUT2D eigenvalue weighted by Gasteiger charge is -2.08. The zero-order valence-electron chi connectivity index (χ0n) is 12.7. The molecule has 0 saturated carbocycles. The van der Waals surface area contributed by atoms with Gasteiger partial charge in [-0.1, -0.05) is 30.3 Å². The third kappa shape index (κ3) is 3.99. The Morgan fingerprint density at radius 3 is 2.30 bits per heavy atom. The molecule has 0 aliphatic rings. The highest BCUT2D eigenvalue weighted by molar-refractivity contribution is 7.12. The van der Waals surface area contributed by atoms with Gasteiger partial charge in [0.05, 0.1) is 0 Å². The van der Waals surface area contributed by atoms with Gasteiger partial charge in [0.15, 0.2) is 0 Å². The van der Waals surface area contributed by atoms with Crippen LogP contribution in [0.5, 0.6) is 11.5 Å². The highest BCUT2D eigenvalue weighted by Crippen LogP contribution is 2.22. The van der Waals surface area contributed by atoms with Crippen LogP contribution in [-0.2, 0) is 6.61 Å². The first kappa shape index (κ1) is 15.3. The van der Waals surface area contributed by atoms with Gasteiger partial charge in [-0.3, -0.25) is 0 Å². The molecular formula is C19H16O3S. The minimum absolute atomic E-state index is 0.324. The van der Waals surface area contributed by atoms with E-state index in [0.29, 0.717) is 17.2 Å². The summed E-state index contributed by atoms with van der Waals surface area (Å²) >= 11 is 1.39. The lowest BCUT2D eigenvalue weighted by molar-refractivity contribution is 0.0739. The standard InChI is InChI=1S/C19H16O3S/c1-14-11-12-23-18(14)19(20)22-17-9-7-16(8-10-17)21-13-15-5-3-2-4-6-15/h2-12H,13H2,1H3. The van der Waals surface area contributed by atoms with E-state index < -0.39 is 0 Å². The van der Waals surface area contributed by atoms with Crippen molar-refractivity contribution < 1.29 is 14.3 Å². The third-order valence-corrected chi connectivity index (χ3v) is 4.33. The molecule has 0 aliphatic heterocycles. The fourth-order valence-corrected chi connectivity index (χ4v) is 2.88. The summed E-state index contributed by atoms with van der Waals surface area (Å²) in [5.74, 6) is 0.922. The maximum atomic E-state index is 12.0. The second-order valence-corrected chi connectivity index (χ2v) is 5.98. The van der Waals surface area contributed by atoms with Crippen molar-refractivity contribution in [3.05, 3.63) is 82.0 Å². The number of carbonyl (C=O) groups is 1. The quantitative estimate of drug-likeness (QED) is 0.497. The Morgan fingerprint density at radius 2 is 1.65 bits per heavy atom. The third-order valence-electron chi connectivity index (χ3n) is 3.33. The van der Waals surface area contributed by atoms with E-state index >= 15 is 0 Å².